The van der Waals surface area contributed by atoms with Gasteiger partial charge in [-0.15, -0.1) is 6.42 Å². The smallest absolute Gasteiger partial charge is 0.176 e. The first-order valence-corrected chi connectivity index (χ1v) is 3.21. The summed E-state index contributed by atoms with van der Waals surface area (Å²) < 4.78 is 0. The minimum atomic E-state index is -0.0550. The first-order chi connectivity index (χ1) is 5.34. The van der Waals surface area contributed by atoms with Gasteiger partial charge in [0.1, 0.15) is 0 Å². The van der Waals surface area contributed by atoms with E-state index in [1.165, 1.54) is 6.20 Å². The molecule has 0 atom stereocenters. The summed E-state index contributed by atoms with van der Waals surface area (Å²) in [5.41, 5.74) is 0.574. The summed E-state index contributed by atoms with van der Waals surface area (Å²) in [6.07, 6.45) is 8.25. The lowest BCUT2D eigenvalue weighted by Crippen LogP contribution is -1.96. The highest BCUT2D eigenvalue weighted by Crippen LogP contribution is 1.99. The third-order valence-corrected chi connectivity index (χ3v) is 1.25. The van der Waals surface area contributed by atoms with Crippen molar-refractivity contribution in [2.45, 2.75) is 6.42 Å². The van der Waals surface area contributed by atoms with E-state index in [0.29, 0.717) is 5.56 Å². The second-order valence-electron chi connectivity index (χ2n) is 2.05. The maximum Gasteiger partial charge on any atom is 0.176 e. The number of hydrogen-bond donors (Lipinski definition) is 0. The lowest BCUT2D eigenvalue weighted by molar-refractivity contribution is 0.0998. The zero-order valence-corrected chi connectivity index (χ0v) is 5.95. The van der Waals surface area contributed by atoms with Crippen LogP contribution in [0.2, 0.25) is 0 Å². The number of carbonyl (C=O) groups is 1. The Labute approximate surface area is 65.3 Å². The molecule has 1 heterocycles. The number of ketones is 1. The van der Waals surface area contributed by atoms with Crippen LogP contribution in [0.15, 0.2) is 24.5 Å². The average molecular weight is 145 g/mol. The van der Waals surface area contributed by atoms with E-state index >= 15 is 0 Å². The number of terminal acetylenes is 1. The van der Waals surface area contributed by atoms with Gasteiger partial charge in [-0.2, -0.15) is 0 Å². The second-order valence-corrected chi connectivity index (χ2v) is 2.05. The molecule has 54 valence electrons. The van der Waals surface area contributed by atoms with Crippen LogP contribution in [0.3, 0.4) is 0 Å². The summed E-state index contributed by atoms with van der Waals surface area (Å²) in [6.45, 7) is 0. The average Bonchev–Trinajstić information content (AvgIpc) is 2.07. The number of nitrogens with zero attached hydrogens (tertiary/aromatic N) is 1. The molecule has 0 aliphatic rings. The van der Waals surface area contributed by atoms with Crippen molar-refractivity contribution in [3.05, 3.63) is 30.1 Å². The Morgan fingerprint density at radius 3 is 3.09 bits per heavy atom. The van der Waals surface area contributed by atoms with Crippen molar-refractivity contribution < 1.29 is 4.79 Å². The van der Waals surface area contributed by atoms with Crippen LogP contribution in [0, 0.1) is 12.3 Å². The Balaban J connectivity index is 2.79. The largest absolute Gasteiger partial charge is 0.293 e. The summed E-state index contributed by atoms with van der Waals surface area (Å²) >= 11 is 0. The predicted molar refractivity (Wildman–Crippen MR) is 42.0 cm³/mol. The zero-order valence-electron chi connectivity index (χ0n) is 5.95. The monoisotopic (exact) mass is 145 g/mol. The molecule has 0 bridgehead atoms. The van der Waals surface area contributed by atoms with E-state index in [9.17, 15) is 4.79 Å². The van der Waals surface area contributed by atoms with Gasteiger partial charge >= 0.3 is 0 Å². The molecule has 0 aliphatic heterocycles. The molecule has 1 aromatic heterocycles. The number of aromatic nitrogens is 1. The molecule has 2 nitrogen and oxygen atoms in total. The maximum absolute atomic E-state index is 11.1. The van der Waals surface area contributed by atoms with Gasteiger partial charge in [0.2, 0.25) is 0 Å². The SMILES string of the molecule is C#CCC(=O)c1cccnc1. The number of pyridine rings is 1. The van der Waals surface area contributed by atoms with Crippen LogP contribution in [0.5, 0.6) is 0 Å². The Bertz CT molecular complexity index is 284. The first kappa shape index (κ1) is 7.49. The van der Waals surface area contributed by atoms with Crippen LogP contribution in [-0.2, 0) is 0 Å². The molecule has 1 aromatic rings. The van der Waals surface area contributed by atoms with E-state index in [2.05, 4.69) is 10.9 Å². The first-order valence-electron chi connectivity index (χ1n) is 3.21. The van der Waals surface area contributed by atoms with E-state index < -0.39 is 0 Å². The highest BCUT2D eigenvalue weighted by molar-refractivity contribution is 5.97. The number of hydrogen-bond acceptors (Lipinski definition) is 2. The predicted octanol–water partition coefficient (Wildman–Crippen LogP) is 1.29. The molecule has 0 radical (unpaired) electrons. The quantitative estimate of drug-likeness (QED) is 0.463. The van der Waals surface area contributed by atoms with Gasteiger partial charge in [-0.25, -0.2) is 0 Å². The molecule has 0 fully saturated rings. The van der Waals surface area contributed by atoms with Gasteiger partial charge in [0.15, 0.2) is 5.78 Å². The van der Waals surface area contributed by atoms with Gasteiger partial charge in [0.05, 0.1) is 6.42 Å². The second kappa shape index (κ2) is 3.52. The van der Waals surface area contributed by atoms with Crippen molar-refractivity contribution in [2.24, 2.45) is 0 Å². The van der Waals surface area contributed by atoms with Crippen molar-refractivity contribution in [1.29, 1.82) is 0 Å². The van der Waals surface area contributed by atoms with Crippen molar-refractivity contribution in [3.63, 3.8) is 0 Å². The van der Waals surface area contributed by atoms with Gasteiger partial charge in [-0.1, -0.05) is 5.92 Å². The topological polar surface area (TPSA) is 30.0 Å². The van der Waals surface area contributed by atoms with E-state index in [1.54, 1.807) is 18.3 Å². The summed E-state index contributed by atoms with van der Waals surface area (Å²) in [6, 6.07) is 3.41. The minimum absolute atomic E-state index is 0.0550. The highest BCUT2D eigenvalue weighted by Gasteiger charge is 2.01. The fourth-order valence-electron chi connectivity index (χ4n) is 0.722. The Morgan fingerprint density at radius 2 is 2.55 bits per heavy atom. The maximum atomic E-state index is 11.1. The molecule has 0 saturated carbocycles. The normalized spacial score (nSPS) is 8.64. The van der Waals surface area contributed by atoms with Gasteiger partial charge in [0, 0.05) is 18.0 Å². The van der Waals surface area contributed by atoms with Crippen molar-refractivity contribution >= 4 is 5.78 Å². The van der Waals surface area contributed by atoms with Crippen LogP contribution in [0.4, 0.5) is 0 Å². The molecule has 0 aliphatic carbocycles. The van der Waals surface area contributed by atoms with Crippen molar-refractivity contribution in [3.8, 4) is 12.3 Å². The fourth-order valence-corrected chi connectivity index (χ4v) is 0.722. The molecule has 0 unspecified atom stereocenters. The van der Waals surface area contributed by atoms with Crippen LogP contribution in [0.25, 0.3) is 0 Å². The van der Waals surface area contributed by atoms with Gasteiger partial charge < -0.3 is 0 Å². The van der Waals surface area contributed by atoms with Crippen LogP contribution >= 0.6 is 0 Å². The summed E-state index contributed by atoms with van der Waals surface area (Å²) in [4.78, 5) is 14.9. The van der Waals surface area contributed by atoms with E-state index in [0.717, 1.165) is 0 Å². The molecule has 0 spiro atoms. The fraction of sp³-hybridized carbons (Fsp3) is 0.111. The van der Waals surface area contributed by atoms with Gasteiger partial charge in [0.25, 0.3) is 0 Å². The van der Waals surface area contributed by atoms with Crippen molar-refractivity contribution in [1.82, 2.24) is 4.98 Å². The molecule has 0 N–H and O–H groups in total. The van der Waals surface area contributed by atoms with Crippen LogP contribution in [-0.4, -0.2) is 10.8 Å². The Hall–Kier alpha value is -1.62. The highest BCUT2D eigenvalue weighted by atomic mass is 16.1. The van der Waals surface area contributed by atoms with Crippen LogP contribution in [0.1, 0.15) is 16.8 Å². The third-order valence-electron chi connectivity index (χ3n) is 1.25. The van der Waals surface area contributed by atoms with Gasteiger partial charge in [-0.3, -0.25) is 9.78 Å². The molecular weight excluding hydrogens is 138 g/mol. The molecule has 0 aromatic carbocycles. The lowest BCUT2D eigenvalue weighted by atomic mass is 10.1. The molecule has 1 rings (SSSR count). The molecule has 0 saturated heterocycles. The minimum Gasteiger partial charge on any atom is -0.293 e. The van der Waals surface area contributed by atoms with E-state index in [1.807, 2.05) is 0 Å². The van der Waals surface area contributed by atoms with Crippen molar-refractivity contribution in [2.75, 3.05) is 0 Å². The lowest BCUT2D eigenvalue weighted by Gasteiger charge is -1.92. The molecular formula is C9H7NO. The number of rotatable bonds is 2. The standard InChI is InChI=1S/C9H7NO/c1-2-4-9(11)8-5-3-6-10-7-8/h1,3,5-7H,4H2. The van der Waals surface area contributed by atoms with E-state index in [-0.39, 0.29) is 12.2 Å². The summed E-state index contributed by atoms with van der Waals surface area (Å²) in [5, 5.41) is 0. The molecule has 2 heteroatoms. The summed E-state index contributed by atoms with van der Waals surface area (Å²) in [5.74, 6) is 2.23. The molecule has 0 amide bonds. The van der Waals surface area contributed by atoms with Crippen LogP contribution < -0.4 is 0 Å². The molecule has 11 heavy (non-hydrogen) atoms. The van der Waals surface area contributed by atoms with E-state index in [4.69, 9.17) is 6.42 Å². The Morgan fingerprint density at radius 1 is 1.73 bits per heavy atom. The van der Waals surface area contributed by atoms with Gasteiger partial charge in [-0.05, 0) is 12.1 Å². The number of carbonyl (C=O) groups excluding carboxylic acids is 1. The third kappa shape index (κ3) is 1.91. The Kier molecular flexibility index (Phi) is 2.40. The number of Topliss-reactive ketones (excluding diaryl/α,β-unsaturated/α-hetero) is 1. The summed E-state index contributed by atoms with van der Waals surface area (Å²) in [7, 11) is 0. The zero-order chi connectivity index (χ0) is 8.10.